The molecule has 0 atom stereocenters. The Labute approximate surface area is 84.9 Å². The van der Waals surface area contributed by atoms with Gasteiger partial charge >= 0.3 is 11.9 Å². The standard InChI is InChI=1S/C10H8O5/c11-8(10(14)15)7(9(12)13)6-4-2-1-3-5-6/h1-5,11H,(H,12,13)(H,14,15)/b8-7+. The fraction of sp³-hybridized carbons (Fsp3) is 0. The number of hydrogen-bond donors (Lipinski definition) is 3. The summed E-state index contributed by atoms with van der Waals surface area (Å²) in [5, 5.41) is 26.4. The van der Waals surface area contributed by atoms with Crippen LogP contribution in [0.4, 0.5) is 0 Å². The van der Waals surface area contributed by atoms with Gasteiger partial charge in [-0.15, -0.1) is 0 Å². The van der Waals surface area contributed by atoms with Gasteiger partial charge in [0.2, 0.25) is 5.76 Å². The van der Waals surface area contributed by atoms with Crippen molar-refractivity contribution in [2.24, 2.45) is 0 Å². The number of carboxylic acids is 2. The number of benzene rings is 1. The molecule has 78 valence electrons. The molecule has 5 nitrogen and oxygen atoms in total. The lowest BCUT2D eigenvalue weighted by Gasteiger charge is -2.03. The van der Waals surface area contributed by atoms with Crippen LogP contribution in [0, 0.1) is 0 Å². The number of aliphatic hydroxyl groups is 1. The number of rotatable bonds is 3. The van der Waals surface area contributed by atoms with Crippen molar-refractivity contribution in [2.75, 3.05) is 0 Å². The second kappa shape index (κ2) is 4.28. The maximum atomic E-state index is 10.8. The van der Waals surface area contributed by atoms with Crippen molar-refractivity contribution in [3.8, 4) is 0 Å². The maximum Gasteiger partial charge on any atom is 0.371 e. The SMILES string of the molecule is O=C(O)/C(O)=C(\C(=O)O)c1ccccc1. The quantitative estimate of drug-likeness (QED) is 0.511. The van der Waals surface area contributed by atoms with E-state index in [0.29, 0.717) is 0 Å². The first kappa shape index (κ1) is 10.8. The minimum atomic E-state index is -1.67. The molecule has 0 radical (unpaired) electrons. The highest BCUT2D eigenvalue weighted by molar-refractivity contribution is 6.20. The predicted octanol–water partition coefficient (Wildman–Crippen LogP) is 1.12. The van der Waals surface area contributed by atoms with E-state index in [2.05, 4.69) is 0 Å². The van der Waals surface area contributed by atoms with Gasteiger partial charge in [0.25, 0.3) is 0 Å². The van der Waals surface area contributed by atoms with Crippen LogP contribution in [0.1, 0.15) is 5.56 Å². The van der Waals surface area contributed by atoms with E-state index in [4.69, 9.17) is 15.3 Å². The number of carbonyl (C=O) groups is 2. The molecule has 0 aliphatic rings. The lowest BCUT2D eigenvalue weighted by Crippen LogP contribution is -2.10. The van der Waals surface area contributed by atoms with Gasteiger partial charge in [0, 0.05) is 0 Å². The first-order valence-electron chi connectivity index (χ1n) is 3.99. The molecule has 3 N–H and O–H groups in total. The molecule has 0 unspecified atom stereocenters. The zero-order valence-corrected chi connectivity index (χ0v) is 7.54. The van der Waals surface area contributed by atoms with Crippen LogP contribution < -0.4 is 0 Å². The Morgan fingerprint density at radius 3 is 1.80 bits per heavy atom. The molecular formula is C10H8O5. The van der Waals surface area contributed by atoms with Gasteiger partial charge in [0.05, 0.1) is 0 Å². The molecule has 0 aliphatic heterocycles. The van der Waals surface area contributed by atoms with E-state index in [9.17, 15) is 9.59 Å². The van der Waals surface area contributed by atoms with E-state index in [1.165, 1.54) is 12.1 Å². The number of aliphatic carboxylic acids is 2. The Kier molecular flexibility index (Phi) is 3.07. The van der Waals surface area contributed by atoms with Crippen molar-refractivity contribution in [3.05, 3.63) is 41.7 Å². The zero-order valence-electron chi connectivity index (χ0n) is 7.54. The van der Waals surface area contributed by atoms with Crippen molar-refractivity contribution in [1.82, 2.24) is 0 Å². The lowest BCUT2D eigenvalue weighted by molar-refractivity contribution is -0.136. The fourth-order valence-electron chi connectivity index (χ4n) is 1.07. The molecule has 15 heavy (non-hydrogen) atoms. The normalized spacial score (nSPS) is 11.7. The fourth-order valence-corrected chi connectivity index (χ4v) is 1.07. The van der Waals surface area contributed by atoms with Crippen molar-refractivity contribution in [1.29, 1.82) is 0 Å². The smallest absolute Gasteiger partial charge is 0.371 e. The van der Waals surface area contributed by atoms with Gasteiger partial charge in [-0.1, -0.05) is 30.3 Å². The molecule has 0 saturated carbocycles. The number of aliphatic hydroxyl groups excluding tert-OH is 1. The molecule has 0 bridgehead atoms. The topological polar surface area (TPSA) is 94.8 Å². The predicted molar refractivity (Wildman–Crippen MR) is 51.3 cm³/mol. The Bertz CT molecular complexity index is 419. The highest BCUT2D eigenvalue weighted by Crippen LogP contribution is 2.17. The van der Waals surface area contributed by atoms with Crippen LogP contribution in [-0.2, 0) is 9.59 Å². The molecule has 1 rings (SSSR count). The summed E-state index contributed by atoms with van der Waals surface area (Å²) in [5.41, 5.74) is -0.479. The molecule has 0 saturated heterocycles. The Morgan fingerprint density at radius 1 is 0.867 bits per heavy atom. The summed E-state index contributed by atoms with van der Waals surface area (Å²) in [6.07, 6.45) is 0. The van der Waals surface area contributed by atoms with E-state index in [1.54, 1.807) is 18.2 Å². The second-order valence-electron chi connectivity index (χ2n) is 2.70. The van der Waals surface area contributed by atoms with Crippen LogP contribution in [0.15, 0.2) is 36.1 Å². The van der Waals surface area contributed by atoms with Gasteiger partial charge < -0.3 is 15.3 Å². The van der Waals surface area contributed by atoms with Gasteiger partial charge in [-0.05, 0) is 5.56 Å². The Balaban J connectivity index is 3.34. The molecule has 5 heteroatoms. The summed E-state index contributed by atoms with van der Waals surface area (Å²) < 4.78 is 0. The Morgan fingerprint density at radius 2 is 1.40 bits per heavy atom. The van der Waals surface area contributed by atoms with Crippen LogP contribution in [0.5, 0.6) is 0 Å². The highest BCUT2D eigenvalue weighted by atomic mass is 16.4. The van der Waals surface area contributed by atoms with Crippen LogP contribution in [0.2, 0.25) is 0 Å². The largest absolute Gasteiger partial charge is 0.501 e. The number of hydrogen-bond acceptors (Lipinski definition) is 3. The average Bonchev–Trinajstić information content (AvgIpc) is 2.18. The van der Waals surface area contributed by atoms with Crippen LogP contribution in [-0.4, -0.2) is 27.3 Å². The Hall–Kier alpha value is -2.30. The second-order valence-corrected chi connectivity index (χ2v) is 2.70. The summed E-state index contributed by atoms with van der Waals surface area (Å²) in [6.45, 7) is 0. The molecule has 0 aliphatic carbocycles. The highest BCUT2D eigenvalue weighted by Gasteiger charge is 2.20. The third-order valence-electron chi connectivity index (χ3n) is 1.72. The first-order valence-corrected chi connectivity index (χ1v) is 3.99. The molecule has 1 aromatic carbocycles. The van der Waals surface area contributed by atoms with Crippen molar-refractivity contribution < 1.29 is 24.9 Å². The van der Waals surface area contributed by atoms with Crippen LogP contribution in [0.25, 0.3) is 5.57 Å². The van der Waals surface area contributed by atoms with E-state index < -0.39 is 23.3 Å². The van der Waals surface area contributed by atoms with Crippen molar-refractivity contribution in [2.45, 2.75) is 0 Å². The van der Waals surface area contributed by atoms with E-state index in [1.807, 2.05) is 0 Å². The summed E-state index contributed by atoms with van der Waals surface area (Å²) in [5.74, 6) is -4.33. The zero-order chi connectivity index (χ0) is 11.4. The minimum Gasteiger partial charge on any atom is -0.501 e. The third-order valence-corrected chi connectivity index (χ3v) is 1.72. The van der Waals surface area contributed by atoms with E-state index >= 15 is 0 Å². The number of carboxylic acid groups (broad SMARTS) is 2. The molecule has 0 spiro atoms. The van der Waals surface area contributed by atoms with Gasteiger partial charge in [-0.25, -0.2) is 9.59 Å². The van der Waals surface area contributed by atoms with E-state index in [0.717, 1.165) is 0 Å². The first-order chi connectivity index (χ1) is 7.04. The molecule has 0 heterocycles. The summed E-state index contributed by atoms with van der Waals surface area (Å²) in [4.78, 5) is 21.2. The maximum absolute atomic E-state index is 10.8. The molecule has 0 fully saturated rings. The summed E-state index contributed by atoms with van der Waals surface area (Å²) in [7, 11) is 0. The van der Waals surface area contributed by atoms with Gasteiger partial charge in [-0.3, -0.25) is 0 Å². The van der Waals surface area contributed by atoms with Crippen LogP contribution >= 0.6 is 0 Å². The average molecular weight is 208 g/mol. The molecular weight excluding hydrogens is 200 g/mol. The van der Waals surface area contributed by atoms with Crippen LogP contribution in [0.3, 0.4) is 0 Å². The minimum absolute atomic E-state index is 0.143. The summed E-state index contributed by atoms with van der Waals surface area (Å²) in [6, 6.07) is 7.56. The van der Waals surface area contributed by atoms with E-state index in [-0.39, 0.29) is 5.56 Å². The van der Waals surface area contributed by atoms with Gasteiger partial charge in [0.1, 0.15) is 5.57 Å². The monoisotopic (exact) mass is 208 g/mol. The van der Waals surface area contributed by atoms with Gasteiger partial charge in [0.15, 0.2) is 0 Å². The van der Waals surface area contributed by atoms with Crippen molar-refractivity contribution >= 4 is 17.5 Å². The molecule has 0 aromatic heterocycles. The molecule has 1 aromatic rings. The van der Waals surface area contributed by atoms with Gasteiger partial charge in [-0.2, -0.15) is 0 Å². The lowest BCUT2D eigenvalue weighted by atomic mass is 10.1. The van der Waals surface area contributed by atoms with Crippen molar-refractivity contribution in [3.63, 3.8) is 0 Å². The third kappa shape index (κ3) is 2.34. The molecule has 0 amide bonds. The summed E-state index contributed by atoms with van der Waals surface area (Å²) >= 11 is 0.